The summed E-state index contributed by atoms with van der Waals surface area (Å²) in [5, 5.41) is 6.96. The molecule has 1 aliphatic heterocycles. The van der Waals surface area contributed by atoms with E-state index < -0.39 is 0 Å². The topological polar surface area (TPSA) is 66.0 Å². The average Bonchev–Trinajstić information content (AvgIpc) is 3.20. The van der Waals surface area contributed by atoms with Crippen LogP contribution in [0, 0.1) is 5.82 Å². The number of nitrogens with zero attached hydrogens (tertiary/aromatic N) is 4. The maximum absolute atomic E-state index is 13.1. The Morgan fingerprint density at radius 1 is 0.778 bits per heavy atom. The highest BCUT2D eigenvalue weighted by Gasteiger charge is 2.17. The summed E-state index contributed by atoms with van der Waals surface area (Å²) in [6.07, 6.45) is 2.23. The molecule has 0 aliphatic carbocycles. The largest absolute Gasteiger partial charge is 0.341 e. The van der Waals surface area contributed by atoms with Gasteiger partial charge >= 0.3 is 0 Å². The SMILES string of the molecule is Fc1ccc(Nc2nc(Nc3ccc(Cl)cc3)nc(N3CCCC3)n2)cc1. The Morgan fingerprint density at radius 3 is 1.85 bits per heavy atom. The predicted octanol–water partition coefficient (Wildman–Crippen LogP) is 4.75. The first-order valence-corrected chi connectivity index (χ1v) is 9.10. The molecule has 6 nitrogen and oxygen atoms in total. The molecule has 1 fully saturated rings. The van der Waals surface area contributed by atoms with Crippen molar-refractivity contribution < 1.29 is 4.39 Å². The van der Waals surface area contributed by atoms with Crippen molar-refractivity contribution in [2.75, 3.05) is 28.6 Å². The van der Waals surface area contributed by atoms with E-state index >= 15 is 0 Å². The van der Waals surface area contributed by atoms with Gasteiger partial charge in [-0.05, 0) is 61.4 Å². The number of anilines is 5. The van der Waals surface area contributed by atoms with Gasteiger partial charge in [-0.1, -0.05) is 11.6 Å². The molecule has 0 amide bonds. The van der Waals surface area contributed by atoms with Crippen LogP contribution in [0.2, 0.25) is 5.02 Å². The first kappa shape index (κ1) is 17.5. The number of aromatic nitrogens is 3. The Hall–Kier alpha value is -2.93. The van der Waals surface area contributed by atoms with Crippen molar-refractivity contribution in [3.63, 3.8) is 0 Å². The third-order valence-corrected chi connectivity index (χ3v) is 4.47. The lowest BCUT2D eigenvalue weighted by molar-refractivity contribution is 0.628. The summed E-state index contributed by atoms with van der Waals surface area (Å²) >= 11 is 5.94. The molecule has 0 saturated carbocycles. The van der Waals surface area contributed by atoms with Gasteiger partial charge in [0.1, 0.15) is 5.82 Å². The van der Waals surface area contributed by atoms with Gasteiger partial charge in [0.05, 0.1) is 0 Å². The molecule has 3 aromatic rings. The molecule has 1 aliphatic rings. The van der Waals surface area contributed by atoms with E-state index in [1.165, 1.54) is 12.1 Å². The van der Waals surface area contributed by atoms with Crippen LogP contribution >= 0.6 is 11.6 Å². The van der Waals surface area contributed by atoms with E-state index in [4.69, 9.17) is 11.6 Å². The standard InChI is InChI=1S/C19H18ClFN6/c20-13-3-7-15(8-4-13)22-17-24-18(23-16-9-5-14(21)6-10-16)26-19(25-17)27-11-1-2-12-27/h3-10H,1-2,11-12H2,(H2,22,23,24,25,26). The Morgan fingerprint density at radius 2 is 1.30 bits per heavy atom. The molecule has 4 rings (SSSR count). The van der Waals surface area contributed by atoms with Crippen LogP contribution in [0.5, 0.6) is 0 Å². The van der Waals surface area contributed by atoms with Crippen LogP contribution in [-0.4, -0.2) is 28.0 Å². The zero-order valence-electron chi connectivity index (χ0n) is 14.5. The van der Waals surface area contributed by atoms with Gasteiger partial charge in [-0.15, -0.1) is 0 Å². The molecule has 1 saturated heterocycles. The number of nitrogens with one attached hydrogen (secondary N) is 2. The smallest absolute Gasteiger partial charge is 0.233 e. The number of halogens is 2. The molecule has 2 N–H and O–H groups in total. The van der Waals surface area contributed by atoms with Gasteiger partial charge in [0, 0.05) is 29.5 Å². The molecule has 0 atom stereocenters. The molecule has 1 aromatic heterocycles. The van der Waals surface area contributed by atoms with E-state index in [1.807, 2.05) is 12.1 Å². The Labute approximate surface area is 161 Å². The molecule has 0 unspecified atom stereocenters. The zero-order valence-corrected chi connectivity index (χ0v) is 15.2. The van der Waals surface area contributed by atoms with Crippen LogP contribution < -0.4 is 15.5 Å². The molecule has 138 valence electrons. The predicted molar refractivity (Wildman–Crippen MR) is 106 cm³/mol. The normalized spacial score (nSPS) is 13.6. The van der Waals surface area contributed by atoms with Gasteiger partial charge in [-0.2, -0.15) is 15.0 Å². The van der Waals surface area contributed by atoms with Crippen LogP contribution in [0.3, 0.4) is 0 Å². The number of benzene rings is 2. The van der Waals surface area contributed by atoms with Crippen LogP contribution in [0.1, 0.15) is 12.8 Å². The van der Waals surface area contributed by atoms with Crippen LogP contribution in [0.25, 0.3) is 0 Å². The molecular weight excluding hydrogens is 367 g/mol. The maximum Gasteiger partial charge on any atom is 0.233 e. The first-order chi connectivity index (χ1) is 13.2. The lowest BCUT2D eigenvalue weighted by Gasteiger charge is -2.17. The summed E-state index contributed by atoms with van der Waals surface area (Å²) in [4.78, 5) is 15.6. The van der Waals surface area contributed by atoms with E-state index in [0.29, 0.717) is 28.6 Å². The van der Waals surface area contributed by atoms with E-state index in [9.17, 15) is 4.39 Å². The van der Waals surface area contributed by atoms with Crippen molar-refractivity contribution in [1.82, 2.24) is 15.0 Å². The Kier molecular flexibility index (Phi) is 5.02. The molecule has 8 heteroatoms. The van der Waals surface area contributed by atoms with E-state index in [2.05, 4.69) is 30.5 Å². The second-order valence-corrected chi connectivity index (χ2v) is 6.68. The zero-order chi connectivity index (χ0) is 18.6. The van der Waals surface area contributed by atoms with Crippen molar-refractivity contribution >= 4 is 40.8 Å². The Balaban J connectivity index is 1.63. The molecule has 0 spiro atoms. The van der Waals surface area contributed by atoms with Gasteiger partial charge in [0.15, 0.2) is 0 Å². The molecule has 2 heterocycles. The van der Waals surface area contributed by atoms with Crippen molar-refractivity contribution in [2.24, 2.45) is 0 Å². The van der Waals surface area contributed by atoms with E-state index in [0.717, 1.165) is 31.6 Å². The van der Waals surface area contributed by atoms with Crippen LogP contribution in [0.4, 0.5) is 33.6 Å². The molecule has 27 heavy (non-hydrogen) atoms. The molecular formula is C19H18ClFN6. The van der Waals surface area contributed by atoms with Crippen molar-refractivity contribution in [3.05, 3.63) is 59.4 Å². The van der Waals surface area contributed by atoms with Crippen molar-refractivity contribution in [1.29, 1.82) is 0 Å². The van der Waals surface area contributed by atoms with Crippen LogP contribution in [0.15, 0.2) is 48.5 Å². The summed E-state index contributed by atoms with van der Waals surface area (Å²) in [5.74, 6) is 1.15. The summed E-state index contributed by atoms with van der Waals surface area (Å²) in [5.41, 5.74) is 1.53. The van der Waals surface area contributed by atoms with Gasteiger partial charge < -0.3 is 15.5 Å². The highest BCUT2D eigenvalue weighted by atomic mass is 35.5. The van der Waals surface area contributed by atoms with Gasteiger partial charge in [-0.25, -0.2) is 4.39 Å². The van der Waals surface area contributed by atoms with Crippen molar-refractivity contribution in [2.45, 2.75) is 12.8 Å². The van der Waals surface area contributed by atoms with Gasteiger partial charge in [0.2, 0.25) is 17.8 Å². The van der Waals surface area contributed by atoms with Crippen LogP contribution in [-0.2, 0) is 0 Å². The highest BCUT2D eigenvalue weighted by molar-refractivity contribution is 6.30. The molecule has 0 radical (unpaired) electrons. The summed E-state index contributed by atoms with van der Waals surface area (Å²) < 4.78 is 13.1. The molecule has 0 bridgehead atoms. The fraction of sp³-hybridized carbons (Fsp3) is 0.211. The number of hydrogen-bond donors (Lipinski definition) is 2. The van der Waals surface area contributed by atoms with Gasteiger partial charge in [-0.3, -0.25) is 0 Å². The van der Waals surface area contributed by atoms with E-state index in [1.54, 1.807) is 24.3 Å². The Bertz CT molecular complexity index is 845. The lowest BCUT2D eigenvalue weighted by Crippen LogP contribution is -2.21. The highest BCUT2D eigenvalue weighted by Crippen LogP contribution is 2.23. The van der Waals surface area contributed by atoms with E-state index in [-0.39, 0.29) is 5.82 Å². The second kappa shape index (κ2) is 7.75. The summed E-state index contributed by atoms with van der Waals surface area (Å²) in [6.45, 7) is 1.83. The first-order valence-electron chi connectivity index (χ1n) is 8.72. The number of hydrogen-bond acceptors (Lipinski definition) is 6. The number of rotatable bonds is 5. The monoisotopic (exact) mass is 384 g/mol. The minimum Gasteiger partial charge on any atom is -0.341 e. The maximum atomic E-state index is 13.1. The summed E-state index contributed by atoms with van der Waals surface area (Å²) in [6, 6.07) is 13.4. The third-order valence-electron chi connectivity index (χ3n) is 4.21. The average molecular weight is 385 g/mol. The minimum absolute atomic E-state index is 0.293. The fourth-order valence-electron chi connectivity index (χ4n) is 2.86. The quantitative estimate of drug-likeness (QED) is 0.661. The van der Waals surface area contributed by atoms with Crippen molar-refractivity contribution in [3.8, 4) is 0 Å². The fourth-order valence-corrected chi connectivity index (χ4v) is 2.99. The lowest BCUT2D eigenvalue weighted by atomic mass is 10.3. The third kappa shape index (κ3) is 4.43. The molecule has 2 aromatic carbocycles. The minimum atomic E-state index is -0.293. The second-order valence-electron chi connectivity index (χ2n) is 6.24. The van der Waals surface area contributed by atoms with Gasteiger partial charge in [0.25, 0.3) is 0 Å². The summed E-state index contributed by atoms with van der Waals surface area (Å²) in [7, 11) is 0.